The van der Waals surface area contributed by atoms with Crippen LogP contribution in [0.2, 0.25) is 0 Å². The normalized spacial score (nSPS) is 18.5. The summed E-state index contributed by atoms with van der Waals surface area (Å²) in [7, 11) is -3.59. The molecule has 2 rings (SSSR count). The molecule has 1 aliphatic heterocycles. The van der Waals surface area contributed by atoms with Gasteiger partial charge in [0, 0.05) is 13.2 Å². The number of aliphatic hydroxyl groups is 1. The second kappa shape index (κ2) is 5.80. The SMILES string of the molecule is CC(C)c1ccc2c(c1)S(=O)(=O)NC(=NCCCO)N2. The molecule has 20 heavy (non-hydrogen) atoms. The zero-order valence-corrected chi connectivity index (χ0v) is 12.4. The summed E-state index contributed by atoms with van der Waals surface area (Å²) in [6.45, 7) is 4.41. The lowest BCUT2D eigenvalue weighted by molar-refractivity contribution is 0.291. The topological polar surface area (TPSA) is 90.8 Å². The quantitative estimate of drug-likeness (QED) is 0.730. The molecular weight excluding hydrogens is 278 g/mol. The van der Waals surface area contributed by atoms with Crippen LogP contribution in [0.5, 0.6) is 0 Å². The van der Waals surface area contributed by atoms with E-state index in [2.05, 4.69) is 15.0 Å². The maximum absolute atomic E-state index is 12.2. The van der Waals surface area contributed by atoms with E-state index in [1.54, 1.807) is 12.1 Å². The van der Waals surface area contributed by atoms with Crippen LogP contribution in [0.25, 0.3) is 0 Å². The lowest BCUT2D eigenvalue weighted by Gasteiger charge is -2.22. The van der Waals surface area contributed by atoms with Gasteiger partial charge in [-0.2, -0.15) is 0 Å². The molecule has 0 aromatic heterocycles. The molecule has 3 N–H and O–H groups in total. The van der Waals surface area contributed by atoms with Crippen molar-refractivity contribution in [3.05, 3.63) is 23.8 Å². The Hall–Kier alpha value is -1.60. The smallest absolute Gasteiger partial charge is 0.266 e. The van der Waals surface area contributed by atoms with E-state index < -0.39 is 10.0 Å². The summed E-state index contributed by atoms with van der Waals surface area (Å²) in [5, 5.41) is 11.7. The molecule has 0 atom stereocenters. The molecule has 110 valence electrons. The summed E-state index contributed by atoms with van der Waals surface area (Å²) in [4.78, 5) is 4.32. The van der Waals surface area contributed by atoms with Crippen molar-refractivity contribution in [1.29, 1.82) is 0 Å². The van der Waals surface area contributed by atoms with E-state index in [9.17, 15) is 8.42 Å². The Kier molecular flexibility index (Phi) is 4.29. The van der Waals surface area contributed by atoms with Gasteiger partial charge in [-0.1, -0.05) is 19.9 Å². The number of hydrogen-bond acceptors (Lipinski definition) is 4. The Balaban J connectivity index is 2.35. The summed E-state index contributed by atoms with van der Waals surface area (Å²) in [5.41, 5.74) is 1.49. The average molecular weight is 297 g/mol. The number of nitrogens with one attached hydrogen (secondary N) is 2. The summed E-state index contributed by atoms with van der Waals surface area (Å²) in [6.07, 6.45) is 0.492. The second-order valence-electron chi connectivity index (χ2n) is 4.95. The number of rotatable bonds is 4. The molecule has 6 nitrogen and oxygen atoms in total. The number of anilines is 1. The van der Waals surface area contributed by atoms with E-state index in [1.807, 2.05) is 19.9 Å². The zero-order chi connectivity index (χ0) is 14.8. The Morgan fingerprint density at radius 2 is 2.10 bits per heavy atom. The van der Waals surface area contributed by atoms with Crippen LogP contribution in [-0.2, 0) is 10.0 Å². The lowest BCUT2D eigenvalue weighted by atomic mass is 10.0. The monoisotopic (exact) mass is 297 g/mol. The number of fused-ring (bicyclic) bond motifs is 1. The number of aliphatic hydroxyl groups excluding tert-OH is 1. The Morgan fingerprint density at radius 1 is 1.35 bits per heavy atom. The Bertz CT molecular complexity index is 624. The van der Waals surface area contributed by atoms with Gasteiger partial charge in [0.05, 0.1) is 5.69 Å². The molecule has 0 fully saturated rings. The van der Waals surface area contributed by atoms with Gasteiger partial charge in [-0.3, -0.25) is 4.99 Å². The van der Waals surface area contributed by atoms with Crippen molar-refractivity contribution < 1.29 is 13.5 Å². The molecular formula is C13H19N3O3S. The van der Waals surface area contributed by atoms with Gasteiger partial charge in [0.15, 0.2) is 0 Å². The van der Waals surface area contributed by atoms with Crippen molar-refractivity contribution in [3.63, 3.8) is 0 Å². The molecule has 0 amide bonds. The van der Waals surface area contributed by atoms with Gasteiger partial charge in [0.25, 0.3) is 10.0 Å². The van der Waals surface area contributed by atoms with Crippen molar-refractivity contribution in [2.75, 3.05) is 18.5 Å². The first-order valence-corrected chi connectivity index (χ1v) is 8.01. The van der Waals surface area contributed by atoms with E-state index in [1.165, 1.54) is 0 Å². The van der Waals surface area contributed by atoms with Crippen molar-refractivity contribution in [1.82, 2.24) is 4.72 Å². The fourth-order valence-corrected chi connectivity index (χ4v) is 3.07. The molecule has 0 unspecified atom stereocenters. The summed E-state index contributed by atoms with van der Waals surface area (Å²) < 4.78 is 26.8. The first-order chi connectivity index (χ1) is 9.44. The first kappa shape index (κ1) is 14.8. The number of nitrogens with zero attached hydrogens (tertiary/aromatic N) is 1. The summed E-state index contributed by atoms with van der Waals surface area (Å²) >= 11 is 0. The Morgan fingerprint density at radius 3 is 2.75 bits per heavy atom. The largest absolute Gasteiger partial charge is 0.396 e. The number of sulfonamides is 1. The van der Waals surface area contributed by atoms with Crippen molar-refractivity contribution in [3.8, 4) is 0 Å². The van der Waals surface area contributed by atoms with Crippen LogP contribution in [0, 0.1) is 0 Å². The minimum atomic E-state index is -3.59. The molecule has 0 saturated heterocycles. The van der Waals surface area contributed by atoms with Crippen LogP contribution in [0.4, 0.5) is 5.69 Å². The van der Waals surface area contributed by atoms with Crippen molar-refractivity contribution in [2.45, 2.75) is 31.1 Å². The minimum Gasteiger partial charge on any atom is -0.396 e. The van der Waals surface area contributed by atoms with Crippen LogP contribution in [-0.4, -0.2) is 32.6 Å². The van der Waals surface area contributed by atoms with Gasteiger partial charge in [-0.15, -0.1) is 0 Å². The molecule has 1 aromatic rings. The number of aliphatic imine (C=N–C) groups is 1. The van der Waals surface area contributed by atoms with E-state index in [0.717, 1.165) is 5.56 Å². The molecule has 0 spiro atoms. The van der Waals surface area contributed by atoms with Gasteiger partial charge in [0.1, 0.15) is 4.90 Å². The third-order valence-corrected chi connectivity index (χ3v) is 4.41. The van der Waals surface area contributed by atoms with Crippen LogP contribution >= 0.6 is 0 Å². The maximum atomic E-state index is 12.2. The molecule has 1 aromatic carbocycles. The second-order valence-corrected chi connectivity index (χ2v) is 6.60. The fraction of sp³-hybridized carbons (Fsp3) is 0.462. The molecule has 7 heteroatoms. The third kappa shape index (κ3) is 3.10. The minimum absolute atomic E-state index is 0.0257. The average Bonchev–Trinajstić information content (AvgIpc) is 2.38. The zero-order valence-electron chi connectivity index (χ0n) is 11.5. The lowest BCUT2D eigenvalue weighted by Crippen LogP contribution is -2.41. The number of guanidine groups is 1. The highest BCUT2D eigenvalue weighted by Gasteiger charge is 2.26. The van der Waals surface area contributed by atoms with Gasteiger partial charge in [-0.25, -0.2) is 13.1 Å². The standard InChI is InChI=1S/C13H19N3O3S/c1-9(2)10-4-5-11-12(8-10)20(18,19)16-13(15-11)14-6-3-7-17/h4-5,8-9,17H,3,6-7H2,1-2H3,(H2,14,15,16). The van der Waals surface area contributed by atoms with Gasteiger partial charge < -0.3 is 10.4 Å². The van der Waals surface area contributed by atoms with E-state index in [0.29, 0.717) is 18.7 Å². The highest BCUT2D eigenvalue weighted by molar-refractivity contribution is 7.90. The van der Waals surface area contributed by atoms with Crippen LogP contribution < -0.4 is 10.0 Å². The fourth-order valence-electron chi connectivity index (χ4n) is 1.89. The van der Waals surface area contributed by atoms with Crippen LogP contribution in [0.1, 0.15) is 31.7 Å². The van der Waals surface area contributed by atoms with E-state index in [4.69, 9.17) is 5.11 Å². The molecule has 0 bridgehead atoms. The maximum Gasteiger partial charge on any atom is 0.266 e. The van der Waals surface area contributed by atoms with E-state index >= 15 is 0 Å². The van der Waals surface area contributed by atoms with Crippen molar-refractivity contribution in [2.24, 2.45) is 4.99 Å². The Labute approximate surface area is 119 Å². The summed E-state index contributed by atoms with van der Waals surface area (Å²) in [5.74, 6) is 0.457. The summed E-state index contributed by atoms with van der Waals surface area (Å²) in [6, 6.07) is 5.34. The van der Waals surface area contributed by atoms with Gasteiger partial charge in [-0.05, 0) is 30.0 Å². The highest BCUT2D eigenvalue weighted by atomic mass is 32.2. The molecule has 1 aliphatic rings. The molecule has 1 heterocycles. The van der Waals surface area contributed by atoms with Crippen LogP contribution in [0.15, 0.2) is 28.1 Å². The third-order valence-electron chi connectivity index (χ3n) is 3.03. The predicted octanol–water partition coefficient (Wildman–Crippen LogP) is 1.25. The molecule has 0 radical (unpaired) electrons. The number of benzene rings is 1. The van der Waals surface area contributed by atoms with Gasteiger partial charge >= 0.3 is 0 Å². The number of hydrogen-bond donors (Lipinski definition) is 3. The van der Waals surface area contributed by atoms with E-state index in [-0.39, 0.29) is 23.4 Å². The van der Waals surface area contributed by atoms with Crippen LogP contribution in [0.3, 0.4) is 0 Å². The molecule has 0 aliphatic carbocycles. The predicted molar refractivity (Wildman–Crippen MR) is 78.5 cm³/mol. The van der Waals surface area contributed by atoms with Gasteiger partial charge in [0.2, 0.25) is 5.96 Å². The molecule has 0 saturated carbocycles. The van der Waals surface area contributed by atoms with Crippen molar-refractivity contribution >= 4 is 21.7 Å². The highest BCUT2D eigenvalue weighted by Crippen LogP contribution is 2.28. The first-order valence-electron chi connectivity index (χ1n) is 6.53.